The van der Waals surface area contributed by atoms with Gasteiger partial charge in [-0.25, -0.2) is 0 Å². The molecule has 0 saturated heterocycles. The summed E-state index contributed by atoms with van der Waals surface area (Å²) < 4.78 is 0.875. The standard InChI is InChI=1S/C11H16IN3O2/c1-2-13-6-3-7-14-11-5-4-9(15(16)17)8-10(11)12/h4-5,8,13-14H,2-3,6-7H2,1H3. The zero-order valence-corrected chi connectivity index (χ0v) is 11.9. The Kier molecular flexibility index (Phi) is 6.20. The summed E-state index contributed by atoms with van der Waals surface area (Å²) in [6.45, 7) is 4.90. The van der Waals surface area contributed by atoms with Crippen LogP contribution < -0.4 is 10.6 Å². The smallest absolute Gasteiger partial charge is 0.270 e. The van der Waals surface area contributed by atoms with Crippen molar-refractivity contribution in [3.63, 3.8) is 0 Å². The van der Waals surface area contributed by atoms with Crippen molar-refractivity contribution in [1.29, 1.82) is 0 Å². The molecule has 0 amide bonds. The fraction of sp³-hybridized carbons (Fsp3) is 0.455. The van der Waals surface area contributed by atoms with E-state index >= 15 is 0 Å². The number of nitro benzene ring substituents is 1. The topological polar surface area (TPSA) is 67.2 Å². The second-order valence-corrected chi connectivity index (χ2v) is 4.72. The van der Waals surface area contributed by atoms with E-state index in [0.29, 0.717) is 0 Å². The summed E-state index contributed by atoms with van der Waals surface area (Å²) >= 11 is 2.11. The molecule has 94 valence electrons. The summed E-state index contributed by atoms with van der Waals surface area (Å²) in [6.07, 6.45) is 1.03. The molecule has 17 heavy (non-hydrogen) atoms. The van der Waals surface area contributed by atoms with Gasteiger partial charge in [-0.05, 0) is 48.2 Å². The minimum atomic E-state index is -0.378. The Balaban J connectivity index is 2.46. The number of non-ortho nitro benzene ring substituents is 1. The predicted molar refractivity (Wildman–Crippen MR) is 77.5 cm³/mol. The molecule has 2 N–H and O–H groups in total. The fourth-order valence-corrected chi connectivity index (χ4v) is 2.06. The first kappa shape index (κ1) is 14.2. The maximum absolute atomic E-state index is 10.6. The third kappa shape index (κ3) is 4.86. The molecule has 0 aromatic heterocycles. The Morgan fingerprint density at radius 1 is 1.41 bits per heavy atom. The Hall–Kier alpha value is -0.890. The molecule has 0 saturated carbocycles. The largest absolute Gasteiger partial charge is 0.384 e. The molecule has 0 fully saturated rings. The highest BCUT2D eigenvalue weighted by atomic mass is 127. The van der Waals surface area contributed by atoms with E-state index < -0.39 is 0 Å². The van der Waals surface area contributed by atoms with Crippen molar-refractivity contribution in [1.82, 2.24) is 5.32 Å². The second kappa shape index (κ2) is 7.44. The van der Waals surface area contributed by atoms with Crippen LogP contribution in [-0.2, 0) is 0 Å². The van der Waals surface area contributed by atoms with Crippen LogP contribution in [-0.4, -0.2) is 24.6 Å². The fourth-order valence-electron chi connectivity index (χ4n) is 1.37. The average Bonchev–Trinajstić information content (AvgIpc) is 2.30. The van der Waals surface area contributed by atoms with Gasteiger partial charge in [-0.1, -0.05) is 6.92 Å². The summed E-state index contributed by atoms with van der Waals surface area (Å²) in [6, 6.07) is 4.86. The summed E-state index contributed by atoms with van der Waals surface area (Å²) in [5.41, 5.74) is 1.08. The molecule has 0 atom stereocenters. The van der Waals surface area contributed by atoms with E-state index in [1.54, 1.807) is 12.1 Å². The summed E-state index contributed by atoms with van der Waals surface area (Å²) in [5, 5.41) is 17.1. The molecule has 0 heterocycles. The quantitative estimate of drug-likeness (QED) is 0.344. The third-order valence-corrected chi connectivity index (χ3v) is 3.15. The van der Waals surface area contributed by atoms with Gasteiger partial charge in [-0.3, -0.25) is 10.1 Å². The molecule has 1 aromatic carbocycles. The van der Waals surface area contributed by atoms with Crippen molar-refractivity contribution >= 4 is 34.0 Å². The monoisotopic (exact) mass is 349 g/mol. The van der Waals surface area contributed by atoms with Crippen LogP contribution in [0.2, 0.25) is 0 Å². The number of hydrogen-bond donors (Lipinski definition) is 2. The predicted octanol–water partition coefficient (Wildman–Crippen LogP) is 2.61. The van der Waals surface area contributed by atoms with Crippen molar-refractivity contribution in [3.05, 3.63) is 31.9 Å². The van der Waals surface area contributed by atoms with Crippen molar-refractivity contribution in [2.45, 2.75) is 13.3 Å². The van der Waals surface area contributed by atoms with Crippen LogP contribution in [0.5, 0.6) is 0 Å². The highest BCUT2D eigenvalue weighted by molar-refractivity contribution is 14.1. The van der Waals surface area contributed by atoms with Crippen LogP contribution >= 0.6 is 22.6 Å². The third-order valence-electron chi connectivity index (χ3n) is 2.26. The Labute approximate surface area is 114 Å². The number of benzene rings is 1. The first-order valence-corrected chi connectivity index (χ1v) is 6.61. The highest BCUT2D eigenvalue weighted by Crippen LogP contribution is 2.23. The molecule has 0 aliphatic rings. The van der Waals surface area contributed by atoms with E-state index in [1.807, 2.05) is 0 Å². The first-order chi connectivity index (χ1) is 8.15. The lowest BCUT2D eigenvalue weighted by atomic mass is 10.3. The van der Waals surface area contributed by atoms with E-state index in [2.05, 4.69) is 40.1 Å². The molecule has 0 unspecified atom stereocenters. The molecule has 1 aromatic rings. The van der Waals surface area contributed by atoms with Crippen LogP contribution in [0, 0.1) is 13.7 Å². The van der Waals surface area contributed by atoms with Gasteiger partial charge in [-0.2, -0.15) is 0 Å². The number of nitro groups is 1. The number of halogens is 1. The van der Waals surface area contributed by atoms with Gasteiger partial charge in [0, 0.05) is 27.9 Å². The van der Waals surface area contributed by atoms with Gasteiger partial charge in [0.05, 0.1) is 4.92 Å². The van der Waals surface area contributed by atoms with Crippen molar-refractivity contribution in [3.8, 4) is 0 Å². The molecular weight excluding hydrogens is 333 g/mol. The molecule has 5 nitrogen and oxygen atoms in total. The lowest BCUT2D eigenvalue weighted by Gasteiger charge is -2.08. The maximum Gasteiger partial charge on any atom is 0.270 e. The number of anilines is 1. The first-order valence-electron chi connectivity index (χ1n) is 5.53. The van der Waals surface area contributed by atoms with Gasteiger partial charge in [0.25, 0.3) is 5.69 Å². The van der Waals surface area contributed by atoms with Gasteiger partial charge in [0.1, 0.15) is 0 Å². The van der Waals surface area contributed by atoms with Gasteiger partial charge in [0.2, 0.25) is 0 Å². The van der Waals surface area contributed by atoms with E-state index in [1.165, 1.54) is 6.07 Å². The van der Waals surface area contributed by atoms with Gasteiger partial charge < -0.3 is 10.6 Å². The van der Waals surface area contributed by atoms with Crippen LogP contribution in [0.1, 0.15) is 13.3 Å². The summed E-state index contributed by atoms with van der Waals surface area (Å²) in [5.74, 6) is 0. The second-order valence-electron chi connectivity index (χ2n) is 3.56. The molecule has 0 aliphatic heterocycles. The van der Waals surface area contributed by atoms with Crippen LogP contribution in [0.25, 0.3) is 0 Å². The number of nitrogens with one attached hydrogen (secondary N) is 2. The average molecular weight is 349 g/mol. The summed E-state index contributed by atoms with van der Waals surface area (Å²) in [7, 11) is 0. The SMILES string of the molecule is CCNCCCNc1ccc([N+](=O)[O-])cc1I. The van der Waals surface area contributed by atoms with Gasteiger partial charge in [-0.15, -0.1) is 0 Å². The lowest BCUT2D eigenvalue weighted by molar-refractivity contribution is -0.384. The molecule has 0 bridgehead atoms. The van der Waals surface area contributed by atoms with Crippen molar-refractivity contribution in [2.75, 3.05) is 25.0 Å². The lowest BCUT2D eigenvalue weighted by Crippen LogP contribution is -2.17. The molecule has 1 rings (SSSR count). The zero-order valence-electron chi connectivity index (χ0n) is 9.70. The zero-order chi connectivity index (χ0) is 12.7. The van der Waals surface area contributed by atoms with E-state index in [9.17, 15) is 10.1 Å². The van der Waals surface area contributed by atoms with Crippen molar-refractivity contribution < 1.29 is 4.92 Å². The van der Waals surface area contributed by atoms with E-state index in [4.69, 9.17) is 0 Å². The van der Waals surface area contributed by atoms with Crippen LogP contribution in [0.3, 0.4) is 0 Å². The van der Waals surface area contributed by atoms with Crippen LogP contribution in [0.4, 0.5) is 11.4 Å². The molecular formula is C11H16IN3O2. The molecule has 0 aliphatic carbocycles. The molecule has 0 spiro atoms. The molecule has 0 radical (unpaired) electrons. The molecule has 6 heteroatoms. The minimum Gasteiger partial charge on any atom is -0.384 e. The Morgan fingerprint density at radius 3 is 2.76 bits per heavy atom. The minimum absolute atomic E-state index is 0.132. The van der Waals surface area contributed by atoms with Crippen LogP contribution in [0.15, 0.2) is 18.2 Å². The van der Waals surface area contributed by atoms with E-state index in [0.717, 1.165) is 35.3 Å². The van der Waals surface area contributed by atoms with Crippen molar-refractivity contribution in [2.24, 2.45) is 0 Å². The number of rotatable bonds is 7. The number of hydrogen-bond acceptors (Lipinski definition) is 4. The Bertz CT molecular complexity index is 385. The van der Waals surface area contributed by atoms with E-state index in [-0.39, 0.29) is 10.6 Å². The van der Waals surface area contributed by atoms with Gasteiger partial charge in [0.15, 0.2) is 0 Å². The maximum atomic E-state index is 10.6. The summed E-state index contributed by atoms with van der Waals surface area (Å²) in [4.78, 5) is 10.2. The highest BCUT2D eigenvalue weighted by Gasteiger charge is 2.08. The Morgan fingerprint density at radius 2 is 2.18 bits per heavy atom. The number of nitrogens with zero attached hydrogens (tertiary/aromatic N) is 1. The van der Waals surface area contributed by atoms with Gasteiger partial charge >= 0.3 is 0 Å². The normalized spacial score (nSPS) is 10.2.